The van der Waals surface area contributed by atoms with Gasteiger partial charge in [0, 0.05) is 30.9 Å². The Balaban J connectivity index is 1.24. The molecule has 0 radical (unpaired) electrons. The fourth-order valence-corrected chi connectivity index (χ4v) is 5.36. The summed E-state index contributed by atoms with van der Waals surface area (Å²) in [7, 11) is 0. The number of hydrogen-bond donors (Lipinski definition) is 2. The van der Waals surface area contributed by atoms with Gasteiger partial charge in [-0.25, -0.2) is 14.2 Å². The van der Waals surface area contributed by atoms with Crippen molar-refractivity contribution in [2.45, 2.75) is 57.8 Å². The van der Waals surface area contributed by atoms with Crippen molar-refractivity contribution >= 4 is 29.0 Å². The molecule has 0 spiro atoms. The molecule has 2 N–H and O–H groups in total. The number of nitrogens with zero attached hydrogens (tertiary/aromatic N) is 2. The van der Waals surface area contributed by atoms with Crippen molar-refractivity contribution in [3.63, 3.8) is 0 Å². The smallest absolute Gasteiger partial charge is 0.317 e. The van der Waals surface area contributed by atoms with Gasteiger partial charge in [-0.3, -0.25) is 4.79 Å². The lowest BCUT2D eigenvalue weighted by Gasteiger charge is -2.31. The highest BCUT2D eigenvalue weighted by Crippen LogP contribution is 2.30. The molecule has 33 heavy (non-hydrogen) atoms. The highest BCUT2D eigenvalue weighted by Gasteiger charge is 2.26. The highest BCUT2D eigenvalue weighted by molar-refractivity contribution is 7.10. The molecule has 1 aromatic carbocycles. The maximum absolute atomic E-state index is 14.0. The second-order valence-electron chi connectivity index (χ2n) is 8.86. The molecule has 176 valence electrons. The molecular formula is C25H31FN4O2S. The molecule has 1 saturated heterocycles. The van der Waals surface area contributed by atoms with E-state index in [1.807, 2.05) is 4.90 Å². The summed E-state index contributed by atoms with van der Waals surface area (Å²) in [6.07, 6.45) is 9.77. The molecule has 2 aromatic rings. The number of urea groups is 1. The number of nitrogens with one attached hydrogen (secondary N) is 2. The Morgan fingerprint density at radius 3 is 2.79 bits per heavy atom. The van der Waals surface area contributed by atoms with Crippen molar-refractivity contribution < 1.29 is 14.0 Å². The minimum Gasteiger partial charge on any atom is -0.338 e. The van der Waals surface area contributed by atoms with Gasteiger partial charge in [0.2, 0.25) is 0 Å². The molecule has 8 heteroatoms. The SMILES string of the molecule is Cc1ccc(NC(=O)c2csc(C3CCN(C(=O)NCCC4=CCCCC4)CC3)n2)c(F)c1. The third-order valence-corrected chi connectivity index (χ3v) is 7.37. The van der Waals surface area contributed by atoms with Gasteiger partial charge in [-0.2, -0.15) is 0 Å². The number of amides is 3. The van der Waals surface area contributed by atoms with Crippen molar-refractivity contribution in [2.24, 2.45) is 0 Å². The van der Waals surface area contributed by atoms with E-state index in [9.17, 15) is 14.0 Å². The lowest BCUT2D eigenvalue weighted by Crippen LogP contribution is -2.44. The first kappa shape index (κ1) is 23.4. The van der Waals surface area contributed by atoms with E-state index >= 15 is 0 Å². The first-order valence-corrected chi connectivity index (χ1v) is 12.6. The van der Waals surface area contributed by atoms with Gasteiger partial charge in [0.1, 0.15) is 11.5 Å². The summed E-state index contributed by atoms with van der Waals surface area (Å²) in [6.45, 7) is 3.84. The molecule has 1 fully saturated rings. The Morgan fingerprint density at radius 1 is 1.24 bits per heavy atom. The number of benzene rings is 1. The fraction of sp³-hybridized carbons (Fsp3) is 0.480. The number of carbonyl (C=O) groups is 2. The molecule has 0 saturated carbocycles. The van der Waals surface area contributed by atoms with Gasteiger partial charge in [-0.15, -0.1) is 11.3 Å². The standard InChI is InChI=1S/C25H31FN4O2S/c1-17-7-8-21(20(26)15-17)28-23(31)22-16-33-24(29-22)19-10-13-30(14-11-19)25(32)27-12-9-18-5-3-2-4-6-18/h5,7-8,15-16,19H,2-4,6,9-14H2,1H3,(H,27,32)(H,28,31). The Hall–Kier alpha value is -2.74. The van der Waals surface area contributed by atoms with Crippen LogP contribution in [0, 0.1) is 12.7 Å². The molecule has 0 atom stereocenters. The van der Waals surface area contributed by atoms with E-state index in [0.29, 0.717) is 25.3 Å². The molecule has 1 aromatic heterocycles. The number of rotatable bonds is 6. The average Bonchev–Trinajstić information content (AvgIpc) is 3.32. The van der Waals surface area contributed by atoms with Crippen LogP contribution >= 0.6 is 11.3 Å². The minimum atomic E-state index is -0.458. The van der Waals surface area contributed by atoms with Crippen LogP contribution in [0.5, 0.6) is 0 Å². The molecule has 2 aliphatic rings. The van der Waals surface area contributed by atoms with Gasteiger partial charge in [0.05, 0.1) is 10.7 Å². The summed E-state index contributed by atoms with van der Waals surface area (Å²) in [5, 5.41) is 8.27. The number of hydrogen-bond acceptors (Lipinski definition) is 4. The van der Waals surface area contributed by atoms with Gasteiger partial charge in [0.25, 0.3) is 5.91 Å². The maximum Gasteiger partial charge on any atom is 0.317 e. The maximum atomic E-state index is 14.0. The summed E-state index contributed by atoms with van der Waals surface area (Å²) in [6, 6.07) is 4.70. The van der Waals surface area contributed by atoms with Crippen molar-refractivity contribution in [1.82, 2.24) is 15.2 Å². The fourth-order valence-electron chi connectivity index (χ4n) is 4.39. The zero-order valence-corrected chi connectivity index (χ0v) is 19.8. The highest BCUT2D eigenvalue weighted by atomic mass is 32.1. The molecule has 1 aliphatic carbocycles. The largest absolute Gasteiger partial charge is 0.338 e. The second-order valence-corrected chi connectivity index (χ2v) is 9.75. The molecule has 4 rings (SSSR count). The molecule has 3 amide bonds. The lowest BCUT2D eigenvalue weighted by atomic mass is 9.97. The Morgan fingerprint density at radius 2 is 2.06 bits per heavy atom. The minimum absolute atomic E-state index is 0.00388. The van der Waals surface area contributed by atoms with Crippen LogP contribution < -0.4 is 10.6 Å². The van der Waals surface area contributed by atoms with Crippen molar-refractivity contribution in [1.29, 1.82) is 0 Å². The number of thiazole rings is 1. The third kappa shape index (κ3) is 6.19. The molecular weight excluding hydrogens is 439 g/mol. The number of aryl methyl sites for hydroxylation is 1. The Bertz CT molecular complexity index is 1030. The van der Waals surface area contributed by atoms with Crippen LogP contribution in [0.3, 0.4) is 0 Å². The Kier molecular flexibility index (Phi) is 7.75. The van der Waals surface area contributed by atoms with E-state index in [1.54, 1.807) is 24.4 Å². The number of likely N-dealkylation sites (tertiary alicyclic amines) is 1. The van der Waals surface area contributed by atoms with Gasteiger partial charge in [-0.05, 0) is 69.6 Å². The van der Waals surface area contributed by atoms with E-state index in [0.717, 1.165) is 36.3 Å². The topological polar surface area (TPSA) is 74.3 Å². The van der Waals surface area contributed by atoms with Crippen LogP contribution in [0.1, 0.15) is 71.9 Å². The summed E-state index contributed by atoms with van der Waals surface area (Å²) >= 11 is 1.45. The Labute approximate surface area is 198 Å². The van der Waals surface area contributed by atoms with Crippen molar-refractivity contribution in [3.05, 3.63) is 57.3 Å². The van der Waals surface area contributed by atoms with Gasteiger partial charge < -0.3 is 15.5 Å². The van der Waals surface area contributed by atoms with Gasteiger partial charge in [-0.1, -0.05) is 17.7 Å². The van der Waals surface area contributed by atoms with Crippen molar-refractivity contribution in [2.75, 3.05) is 25.0 Å². The summed E-state index contributed by atoms with van der Waals surface area (Å²) in [4.78, 5) is 31.4. The predicted molar refractivity (Wildman–Crippen MR) is 129 cm³/mol. The lowest BCUT2D eigenvalue weighted by molar-refractivity contribution is 0.102. The van der Waals surface area contributed by atoms with E-state index < -0.39 is 11.7 Å². The number of allylic oxidation sites excluding steroid dienone is 1. The van der Waals surface area contributed by atoms with Gasteiger partial charge >= 0.3 is 6.03 Å². The first-order valence-electron chi connectivity index (χ1n) is 11.7. The number of carbonyl (C=O) groups excluding carboxylic acids is 2. The normalized spacial score (nSPS) is 16.9. The summed E-state index contributed by atoms with van der Waals surface area (Å²) in [5.74, 6) is -0.644. The van der Waals surface area contributed by atoms with E-state index in [-0.39, 0.29) is 17.6 Å². The van der Waals surface area contributed by atoms with Crippen LogP contribution in [0.4, 0.5) is 14.9 Å². The first-order chi connectivity index (χ1) is 16.0. The summed E-state index contributed by atoms with van der Waals surface area (Å²) in [5.41, 5.74) is 2.71. The van der Waals surface area contributed by atoms with E-state index in [1.165, 1.54) is 42.2 Å². The second kappa shape index (κ2) is 10.9. The summed E-state index contributed by atoms with van der Waals surface area (Å²) < 4.78 is 14.0. The monoisotopic (exact) mass is 470 g/mol. The third-order valence-electron chi connectivity index (χ3n) is 6.37. The molecule has 2 heterocycles. The van der Waals surface area contributed by atoms with Crippen LogP contribution in [-0.2, 0) is 0 Å². The van der Waals surface area contributed by atoms with Crippen molar-refractivity contribution in [3.8, 4) is 0 Å². The zero-order valence-electron chi connectivity index (χ0n) is 19.0. The van der Waals surface area contributed by atoms with Crippen LogP contribution in [0.15, 0.2) is 35.2 Å². The zero-order chi connectivity index (χ0) is 23.2. The predicted octanol–water partition coefficient (Wildman–Crippen LogP) is 5.62. The number of halogens is 1. The quantitative estimate of drug-likeness (QED) is 0.538. The number of piperidine rings is 1. The molecule has 0 unspecified atom stereocenters. The van der Waals surface area contributed by atoms with Crippen LogP contribution in [0.25, 0.3) is 0 Å². The van der Waals surface area contributed by atoms with E-state index in [2.05, 4.69) is 21.7 Å². The average molecular weight is 471 g/mol. The van der Waals surface area contributed by atoms with Crippen LogP contribution in [-0.4, -0.2) is 41.5 Å². The molecule has 6 nitrogen and oxygen atoms in total. The van der Waals surface area contributed by atoms with Gasteiger partial charge in [0.15, 0.2) is 0 Å². The van der Waals surface area contributed by atoms with Crippen LogP contribution in [0.2, 0.25) is 0 Å². The molecule has 0 bridgehead atoms. The number of anilines is 1. The molecule has 1 aliphatic heterocycles. The number of aromatic nitrogens is 1. The van der Waals surface area contributed by atoms with E-state index in [4.69, 9.17) is 0 Å².